The zero-order valence-corrected chi connectivity index (χ0v) is 16.2. The predicted octanol–water partition coefficient (Wildman–Crippen LogP) is 5.50. The highest BCUT2D eigenvalue weighted by Crippen LogP contribution is 2.27. The molecule has 0 aromatic heterocycles. The van der Waals surface area contributed by atoms with Crippen molar-refractivity contribution in [1.82, 2.24) is 4.90 Å². The molecule has 1 aliphatic rings. The smallest absolute Gasteiger partial charge is 0.410 e. The van der Waals surface area contributed by atoms with Crippen LogP contribution in [0.1, 0.15) is 58.4 Å². The van der Waals surface area contributed by atoms with Crippen molar-refractivity contribution >= 4 is 28.7 Å². The molecule has 0 saturated heterocycles. The van der Waals surface area contributed by atoms with E-state index < -0.39 is 5.60 Å². The summed E-state index contributed by atoms with van der Waals surface area (Å²) in [6.07, 6.45) is 5.16. The maximum atomic E-state index is 13.6. The van der Waals surface area contributed by atoms with Crippen LogP contribution in [0.15, 0.2) is 18.2 Å². The van der Waals surface area contributed by atoms with Crippen molar-refractivity contribution in [2.24, 2.45) is 0 Å². The lowest BCUT2D eigenvalue weighted by Gasteiger charge is -2.35. The third-order valence-corrected chi connectivity index (χ3v) is 5.04. The zero-order valence-electron chi connectivity index (χ0n) is 14.1. The second-order valence-corrected chi connectivity index (χ2v) is 8.30. The van der Waals surface area contributed by atoms with Crippen LogP contribution in [0.5, 0.6) is 0 Å². The molecule has 0 spiro atoms. The number of halogens is 2. The average Bonchev–Trinajstić information content (AvgIpc) is 2.47. The van der Waals surface area contributed by atoms with Crippen LogP contribution >= 0.6 is 22.6 Å². The van der Waals surface area contributed by atoms with Gasteiger partial charge in [0.05, 0.1) is 6.54 Å². The molecule has 0 atom stereocenters. The van der Waals surface area contributed by atoms with Gasteiger partial charge in [0.1, 0.15) is 11.4 Å². The number of amides is 1. The molecule has 0 bridgehead atoms. The van der Waals surface area contributed by atoms with E-state index in [-0.39, 0.29) is 18.0 Å². The first-order valence-corrected chi connectivity index (χ1v) is 9.28. The zero-order chi connectivity index (χ0) is 17.0. The second-order valence-electron chi connectivity index (χ2n) is 7.14. The molecule has 0 heterocycles. The minimum Gasteiger partial charge on any atom is -0.444 e. The Morgan fingerprint density at radius 2 is 1.96 bits per heavy atom. The largest absolute Gasteiger partial charge is 0.444 e. The number of carbonyl (C=O) groups is 1. The Labute approximate surface area is 151 Å². The molecule has 0 N–H and O–H groups in total. The van der Waals surface area contributed by atoms with Crippen molar-refractivity contribution in [3.63, 3.8) is 0 Å². The monoisotopic (exact) mass is 433 g/mol. The Morgan fingerprint density at radius 3 is 2.57 bits per heavy atom. The Balaban J connectivity index is 2.21. The molecule has 1 saturated carbocycles. The van der Waals surface area contributed by atoms with Gasteiger partial charge in [0, 0.05) is 9.61 Å². The molecule has 23 heavy (non-hydrogen) atoms. The van der Waals surface area contributed by atoms with Crippen LogP contribution in [-0.4, -0.2) is 22.6 Å². The maximum absolute atomic E-state index is 13.6. The van der Waals surface area contributed by atoms with E-state index in [1.165, 1.54) is 18.6 Å². The predicted molar refractivity (Wildman–Crippen MR) is 97.8 cm³/mol. The van der Waals surface area contributed by atoms with Gasteiger partial charge in [-0.3, -0.25) is 0 Å². The number of rotatable bonds is 3. The lowest BCUT2D eigenvalue weighted by molar-refractivity contribution is 0.00980. The topological polar surface area (TPSA) is 29.5 Å². The van der Waals surface area contributed by atoms with Crippen molar-refractivity contribution in [3.05, 3.63) is 33.1 Å². The number of nitrogens with zero attached hydrogens (tertiary/aromatic N) is 1. The SMILES string of the molecule is CC(C)(C)OC(=O)N(Cc1cc(F)ccc1I)C1CCCCC1. The third kappa shape index (κ3) is 5.62. The molecular weight excluding hydrogens is 408 g/mol. The van der Waals surface area contributed by atoms with Gasteiger partial charge in [-0.1, -0.05) is 19.3 Å². The third-order valence-electron chi connectivity index (χ3n) is 3.99. The van der Waals surface area contributed by atoms with Gasteiger partial charge in [0.15, 0.2) is 0 Å². The standard InChI is InChI=1S/C18H25FINO2/c1-18(2,3)23-17(22)21(15-7-5-4-6-8-15)12-13-11-14(19)9-10-16(13)20/h9-11,15H,4-8,12H2,1-3H3. The lowest BCUT2D eigenvalue weighted by Crippen LogP contribution is -2.44. The van der Waals surface area contributed by atoms with Gasteiger partial charge in [-0.2, -0.15) is 0 Å². The molecule has 5 heteroatoms. The summed E-state index contributed by atoms with van der Waals surface area (Å²) in [6.45, 7) is 6.01. The van der Waals surface area contributed by atoms with E-state index in [2.05, 4.69) is 22.6 Å². The summed E-state index contributed by atoms with van der Waals surface area (Å²) in [7, 11) is 0. The summed E-state index contributed by atoms with van der Waals surface area (Å²) < 4.78 is 20.1. The summed E-state index contributed by atoms with van der Waals surface area (Å²) in [5, 5.41) is 0. The molecule has 1 aromatic rings. The van der Waals surface area contributed by atoms with Gasteiger partial charge >= 0.3 is 6.09 Å². The second kappa shape index (κ2) is 7.81. The number of benzene rings is 1. The van der Waals surface area contributed by atoms with E-state index in [0.717, 1.165) is 34.8 Å². The van der Waals surface area contributed by atoms with Crippen LogP contribution in [0.2, 0.25) is 0 Å². The Hall–Kier alpha value is -0.850. The lowest BCUT2D eigenvalue weighted by atomic mass is 9.94. The first kappa shape index (κ1) is 18.5. The number of ether oxygens (including phenoxy) is 1. The minimum atomic E-state index is -0.529. The fraction of sp³-hybridized carbons (Fsp3) is 0.611. The first-order valence-electron chi connectivity index (χ1n) is 8.20. The van der Waals surface area contributed by atoms with Crippen molar-refractivity contribution in [3.8, 4) is 0 Å². The van der Waals surface area contributed by atoms with Gasteiger partial charge in [-0.05, 0) is 80.0 Å². The van der Waals surface area contributed by atoms with E-state index >= 15 is 0 Å². The number of hydrogen-bond acceptors (Lipinski definition) is 2. The molecule has 0 radical (unpaired) electrons. The fourth-order valence-electron chi connectivity index (χ4n) is 2.90. The van der Waals surface area contributed by atoms with Crippen molar-refractivity contribution in [2.45, 2.75) is 71.1 Å². The average molecular weight is 433 g/mol. The van der Waals surface area contributed by atoms with Gasteiger partial charge in [0.25, 0.3) is 0 Å². The fourth-order valence-corrected chi connectivity index (χ4v) is 3.41. The van der Waals surface area contributed by atoms with Crippen molar-refractivity contribution < 1.29 is 13.9 Å². The molecule has 0 unspecified atom stereocenters. The summed E-state index contributed by atoms with van der Waals surface area (Å²) in [4.78, 5) is 14.5. The molecule has 1 aromatic carbocycles. The van der Waals surface area contributed by atoms with Crippen LogP contribution in [0, 0.1) is 9.39 Å². The first-order chi connectivity index (χ1) is 10.8. The molecule has 2 rings (SSSR count). The highest BCUT2D eigenvalue weighted by Gasteiger charge is 2.30. The van der Waals surface area contributed by atoms with E-state index in [1.807, 2.05) is 20.8 Å². The van der Waals surface area contributed by atoms with Gasteiger partial charge in [-0.25, -0.2) is 9.18 Å². The van der Waals surface area contributed by atoms with Gasteiger partial charge in [0.2, 0.25) is 0 Å². The summed E-state index contributed by atoms with van der Waals surface area (Å²) in [5.41, 5.74) is 0.307. The molecule has 3 nitrogen and oxygen atoms in total. The summed E-state index contributed by atoms with van der Waals surface area (Å²) in [6, 6.07) is 4.89. The van der Waals surface area contributed by atoms with Gasteiger partial charge < -0.3 is 9.64 Å². The van der Waals surface area contributed by atoms with Crippen LogP contribution < -0.4 is 0 Å². The Kier molecular flexibility index (Phi) is 6.28. The van der Waals surface area contributed by atoms with Crippen LogP contribution in [0.3, 0.4) is 0 Å². The van der Waals surface area contributed by atoms with Gasteiger partial charge in [-0.15, -0.1) is 0 Å². The maximum Gasteiger partial charge on any atom is 0.410 e. The molecule has 128 valence electrons. The quantitative estimate of drug-likeness (QED) is 0.590. The normalized spacial score (nSPS) is 16.2. The Morgan fingerprint density at radius 1 is 1.30 bits per heavy atom. The number of hydrogen-bond donors (Lipinski definition) is 0. The van der Waals surface area contributed by atoms with Crippen molar-refractivity contribution in [2.75, 3.05) is 0 Å². The van der Waals surface area contributed by atoms with E-state index in [0.29, 0.717) is 6.54 Å². The van der Waals surface area contributed by atoms with Crippen LogP contribution in [0.4, 0.5) is 9.18 Å². The van der Waals surface area contributed by atoms with E-state index in [4.69, 9.17) is 4.74 Å². The molecule has 1 fully saturated rings. The van der Waals surface area contributed by atoms with E-state index in [1.54, 1.807) is 11.0 Å². The number of carbonyl (C=O) groups excluding carboxylic acids is 1. The molecule has 1 aliphatic carbocycles. The summed E-state index contributed by atoms with van der Waals surface area (Å²) in [5.74, 6) is -0.270. The van der Waals surface area contributed by atoms with Crippen LogP contribution in [-0.2, 0) is 11.3 Å². The molecule has 1 amide bonds. The Bertz CT molecular complexity index is 550. The highest BCUT2D eigenvalue weighted by molar-refractivity contribution is 14.1. The summed E-state index contributed by atoms with van der Waals surface area (Å²) >= 11 is 2.19. The van der Waals surface area contributed by atoms with Crippen molar-refractivity contribution in [1.29, 1.82) is 0 Å². The van der Waals surface area contributed by atoms with Crippen LogP contribution in [0.25, 0.3) is 0 Å². The highest BCUT2D eigenvalue weighted by atomic mass is 127. The minimum absolute atomic E-state index is 0.178. The molecular formula is C18H25FINO2. The van der Waals surface area contributed by atoms with E-state index in [9.17, 15) is 9.18 Å². The molecule has 0 aliphatic heterocycles.